The van der Waals surface area contributed by atoms with Crippen molar-refractivity contribution in [3.05, 3.63) is 64.5 Å². The van der Waals surface area contributed by atoms with E-state index in [1.165, 1.54) is 6.07 Å². The Morgan fingerprint density at radius 2 is 1.83 bits per heavy atom. The van der Waals surface area contributed by atoms with Crippen molar-refractivity contribution in [3.8, 4) is 0 Å². The number of pyridine rings is 1. The van der Waals surface area contributed by atoms with E-state index in [1.807, 2.05) is 4.90 Å². The predicted octanol–water partition coefficient (Wildman–Crippen LogP) is 1.95. The van der Waals surface area contributed by atoms with Gasteiger partial charge in [0, 0.05) is 44.6 Å². The highest BCUT2D eigenvalue weighted by atomic mass is 16.6. The lowest BCUT2D eigenvalue weighted by Crippen LogP contribution is -2.49. The number of aromatic nitrogens is 1. The number of hydrogen-bond acceptors (Lipinski definition) is 5. The van der Waals surface area contributed by atoms with Gasteiger partial charge in [-0.25, -0.2) is 0 Å². The van der Waals surface area contributed by atoms with E-state index in [-0.39, 0.29) is 16.5 Å². The minimum Gasteiger partial charge on any atom is -0.362 e. The number of amides is 1. The molecule has 0 atom stereocenters. The van der Waals surface area contributed by atoms with Crippen molar-refractivity contribution >= 4 is 17.3 Å². The summed E-state index contributed by atoms with van der Waals surface area (Å²) in [6.45, 7) is 2.19. The highest BCUT2D eigenvalue weighted by molar-refractivity contribution is 5.94. The molecule has 1 fully saturated rings. The van der Waals surface area contributed by atoms with Crippen LogP contribution in [-0.4, -0.2) is 46.9 Å². The van der Waals surface area contributed by atoms with Gasteiger partial charge in [0.05, 0.1) is 10.5 Å². The zero-order chi connectivity index (χ0) is 16.2. The smallest absolute Gasteiger partial charge is 0.292 e. The minimum absolute atomic E-state index is 0.0553. The maximum Gasteiger partial charge on any atom is 0.292 e. The maximum absolute atomic E-state index is 12.4. The van der Waals surface area contributed by atoms with Crippen molar-refractivity contribution in [2.45, 2.75) is 0 Å². The first-order valence-electron chi connectivity index (χ1n) is 7.34. The molecule has 0 N–H and O–H groups in total. The van der Waals surface area contributed by atoms with Gasteiger partial charge in [0.15, 0.2) is 0 Å². The molecule has 118 valence electrons. The van der Waals surface area contributed by atoms with Gasteiger partial charge in [-0.2, -0.15) is 0 Å². The molecule has 1 amide bonds. The zero-order valence-corrected chi connectivity index (χ0v) is 12.5. The molecule has 0 radical (unpaired) electrons. The molecule has 1 aliphatic rings. The quantitative estimate of drug-likeness (QED) is 0.639. The number of anilines is 1. The van der Waals surface area contributed by atoms with Crippen LogP contribution in [0.1, 0.15) is 10.4 Å². The number of para-hydroxylation sites is 2. The van der Waals surface area contributed by atoms with Gasteiger partial charge in [0.25, 0.3) is 11.6 Å². The summed E-state index contributed by atoms with van der Waals surface area (Å²) in [6, 6.07) is 10.2. The Morgan fingerprint density at radius 3 is 2.48 bits per heavy atom. The molecule has 1 aromatic carbocycles. The number of hydrogen-bond donors (Lipinski definition) is 0. The molecule has 2 heterocycles. The summed E-state index contributed by atoms with van der Waals surface area (Å²) < 4.78 is 0. The Balaban J connectivity index is 1.70. The van der Waals surface area contributed by atoms with Crippen LogP contribution in [0, 0.1) is 10.1 Å². The lowest BCUT2D eigenvalue weighted by atomic mass is 10.2. The van der Waals surface area contributed by atoms with E-state index in [4.69, 9.17) is 0 Å². The second-order valence-electron chi connectivity index (χ2n) is 5.27. The summed E-state index contributed by atoms with van der Waals surface area (Å²) in [5.41, 5.74) is 1.26. The van der Waals surface area contributed by atoms with Crippen molar-refractivity contribution in [1.29, 1.82) is 0 Å². The molecular formula is C16H16N4O3. The second kappa shape index (κ2) is 6.43. The topological polar surface area (TPSA) is 79.6 Å². The van der Waals surface area contributed by atoms with Gasteiger partial charge in [0.1, 0.15) is 5.69 Å². The van der Waals surface area contributed by atoms with Crippen LogP contribution in [0.15, 0.2) is 48.8 Å². The van der Waals surface area contributed by atoms with Crippen molar-refractivity contribution in [3.63, 3.8) is 0 Å². The van der Waals surface area contributed by atoms with E-state index in [2.05, 4.69) is 4.98 Å². The van der Waals surface area contributed by atoms with Crippen LogP contribution in [0.2, 0.25) is 0 Å². The molecule has 23 heavy (non-hydrogen) atoms. The molecule has 1 aliphatic heterocycles. The molecule has 0 aliphatic carbocycles. The van der Waals surface area contributed by atoms with Gasteiger partial charge in [-0.1, -0.05) is 12.1 Å². The van der Waals surface area contributed by atoms with Crippen molar-refractivity contribution < 1.29 is 9.72 Å². The molecule has 7 heteroatoms. The Morgan fingerprint density at radius 1 is 1.09 bits per heavy atom. The van der Waals surface area contributed by atoms with Crippen LogP contribution < -0.4 is 4.90 Å². The fourth-order valence-electron chi connectivity index (χ4n) is 2.71. The molecule has 3 rings (SSSR count). The first kappa shape index (κ1) is 15.0. The first-order valence-corrected chi connectivity index (χ1v) is 7.34. The number of rotatable bonds is 3. The largest absolute Gasteiger partial charge is 0.362 e. The van der Waals surface area contributed by atoms with Gasteiger partial charge in [-0.15, -0.1) is 0 Å². The van der Waals surface area contributed by atoms with E-state index in [0.29, 0.717) is 37.4 Å². The average Bonchev–Trinajstić information content (AvgIpc) is 2.62. The molecular weight excluding hydrogens is 296 g/mol. The molecule has 0 unspecified atom stereocenters. The highest BCUT2D eigenvalue weighted by Crippen LogP contribution is 2.28. The Bertz CT molecular complexity index is 712. The van der Waals surface area contributed by atoms with E-state index in [1.54, 1.807) is 47.6 Å². The van der Waals surface area contributed by atoms with E-state index in [0.717, 1.165) is 0 Å². The summed E-state index contributed by atoms with van der Waals surface area (Å²) in [5.74, 6) is -0.0553. The summed E-state index contributed by atoms with van der Waals surface area (Å²) in [6.07, 6.45) is 3.18. The molecule has 0 saturated carbocycles. The van der Waals surface area contributed by atoms with Crippen molar-refractivity contribution in [2.75, 3.05) is 31.1 Å². The van der Waals surface area contributed by atoms with E-state index >= 15 is 0 Å². The molecule has 1 saturated heterocycles. The van der Waals surface area contributed by atoms with E-state index in [9.17, 15) is 14.9 Å². The fourth-order valence-corrected chi connectivity index (χ4v) is 2.71. The lowest BCUT2D eigenvalue weighted by Gasteiger charge is -2.35. The van der Waals surface area contributed by atoms with Crippen LogP contribution in [0.4, 0.5) is 11.4 Å². The SMILES string of the molecule is O=C(c1cccnc1)N1CCN(c2ccccc2[N+](=O)[O-])CC1. The Kier molecular flexibility index (Phi) is 4.18. The highest BCUT2D eigenvalue weighted by Gasteiger charge is 2.25. The van der Waals surface area contributed by atoms with Crippen molar-refractivity contribution in [1.82, 2.24) is 9.88 Å². The molecule has 0 spiro atoms. The number of nitrogens with zero attached hydrogens (tertiary/aromatic N) is 4. The second-order valence-corrected chi connectivity index (χ2v) is 5.27. The van der Waals surface area contributed by atoms with Crippen LogP contribution in [-0.2, 0) is 0 Å². The standard InChI is InChI=1S/C16H16N4O3/c21-16(13-4-3-7-17-12-13)19-10-8-18(9-11-19)14-5-1-2-6-15(14)20(22)23/h1-7,12H,8-11H2. The summed E-state index contributed by atoms with van der Waals surface area (Å²) in [7, 11) is 0. The normalized spacial score (nSPS) is 14.6. The molecule has 0 bridgehead atoms. The number of carbonyl (C=O) groups is 1. The fraction of sp³-hybridized carbons (Fsp3) is 0.250. The molecule has 7 nitrogen and oxygen atoms in total. The predicted molar refractivity (Wildman–Crippen MR) is 85.4 cm³/mol. The zero-order valence-electron chi connectivity index (χ0n) is 12.5. The number of nitro groups is 1. The van der Waals surface area contributed by atoms with Gasteiger partial charge >= 0.3 is 0 Å². The van der Waals surface area contributed by atoms with Crippen molar-refractivity contribution in [2.24, 2.45) is 0 Å². The third-order valence-corrected chi connectivity index (χ3v) is 3.89. The van der Waals surface area contributed by atoms with Gasteiger partial charge in [-0.3, -0.25) is 19.9 Å². The average molecular weight is 312 g/mol. The van der Waals surface area contributed by atoms with Gasteiger partial charge < -0.3 is 9.80 Å². The minimum atomic E-state index is -0.373. The maximum atomic E-state index is 12.4. The number of carbonyl (C=O) groups excluding carboxylic acids is 1. The van der Waals surface area contributed by atoms with Crippen LogP contribution in [0.3, 0.4) is 0 Å². The molecule has 1 aromatic heterocycles. The van der Waals surface area contributed by atoms with Gasteiger partial charge in [0.2, 0.25) is 0 Å². The number of nitro benzene ring substituents is 1. The third kappa shape index (κ3) is 3.13. The summed E-state index contributed by atoms with van der Waals surface area (Å²) in [5, 5.41) is 11.1. The number of piperazine rings is 1. The van der Waals surface area contributed by atoms with E-state index < -0.39 is 0 Å². The third-order valence-electron chi connectivity index (χ3n) is 3.89. The molecule has 2 aromatic rings. The van der Waals surface area contributed by atoms with Crippen LogP contribution >= 0.6 is 0 Å². The summed E-state index contributed by atoms with van der Waals surface area (Å²) >= 11 is 0. The van der Waals surface area contributed by atoms with Crippen LogP contribution in [0.25, 0.3) is 0 Å². The monoisotopic (exact) mass is 312 g/mol. The Hall–Kier alpha value is -2.96. The first-order chi connectivity index (χ1) is 11.2. The van der Waals surface area contributed by atoms with Gasteiger partial charge in [-0.05, 0) is 18.2 Å². The Labute approximate surface area is 133 Å². The number of benzene rings is 1. The van der Waals surface area contributed by atoms with Crippen LogP contribution in [0.5, 0.6) is 0 Å². The lowest BCUT2D eigenvalue weighted by molar-refractivity contribution is -0.384. The summed E-state index contributed by atoms with van der Waals surface area (Å²) in [4.78, 5) is 30.8.